The number of hydrogen-bond acceptors (Lipinski definition) is 6. The Morgan fingerprint density at radius 1 is 1.10 bits per heavy atom. The number of nitrogens with zero attached hydrogens (tertiary/aromatic N) is 3. The summed E-state index contributed by atoms with van der Waals surface area (Å²) in [4.78, 5) is 10.5. The van der Waals surface area contributed by atoms with Crippen molar-refractivity contribution in [3.05, 3.63) is 69.2 Å². The Balaban J connectivity index is 1.74. The van der Waals surface area contributed by atoms with Crippen molar-refractivity contribution >= 4 is 5.69 Å². The van der Waals surface area contributed by atoms with Crippen LogP contribution in [0.25, 0.3) is 22.4 Å². The molecule has 0 spiro atoms. The molecule has 0 unspecified atom stereocenters. The molecule has 3 heterocycles. The molecule has 0 aliphatic carbocycles. The predicted molar refractivity (Wildman–Crippen MR) is 102 cm³/mol. The van der Waals surface area contributed by atoms with Gasteiger partial charge in [0.15, 0.2) is 11.5 Å². The van der Waals surface area contributed by atoms with Crippen LogP contribution in [0.2, 0.25) is 0 Å². The van der Waals surface area contributed by atoms with E-state index in [0.29, 0.717) is 29.2 Å². The summed E-state index contributed by atoms with van der Waals surface area (Å²) < 4.78 is 12.8. The summed E-state index contributed by atoms with van der Waals surface area (Å²) in [6.45, 7) is 0.763. The first-order chi connectivity index (χ1) is 14.1. The van der Waals surface area contributed by atoms with E-state index < -0.39 is 4.92 Å². The van der Waals surface area contributed by atoms with Gasteiger partial charge in [0.05, 0.1) is 10.6 Å². The molecule has 2 aliphatic rings. The van der Waals surface area contributed by atoms with Gasteiger partial charge in [0.2, 0.25) is 6.79 Å². The van der Waals surface area contributed by atoms with E-state index in [1.54, 1.807) is 12.1 Å². The van der Waals surface area contributed by atoms with Crippen molar-refractivity contribution in [2.24, 2.45) is 0 Å². The molecule has 0 radical (unpaired) electrons. The van der Waals surface area contributed by atoms with Crippen LogP contribution in [0.1, 0.15) is 11.1 Å². The second-order valence-corrected chi connectivity index (χ2v) is 6.85. The number of nitro groups is 1. The minimum atomic E-state index is -0.466. The lowest BCUT2D eigenvalue weighted by Gasteiger charge is -2.24. The molecule has 0 amide bonds. The molecular weight excluding hydrogens is 372 g/mol. The highest BCUT2D eigenvalue weighted by Gasteiger charge is 2.25. The van der Waals surface area contributed by atoms with Crippen molar-refractivity contribution in [2.75, 3.05) is 6.79 Å². The molecule has 0 atom stereocenters. The van der Waals surface area contributed by atoms with E-state index in [0.717, 1.165) is 23.2 Å². The molecule has 0 bridgehead atoms. The largest absolute Gasteiger partial charge is 0.454 e. The van der Waals surface area contributed by atoms with Crippen LogP contribution in [0.3, 0.4) is 0 Å². The Labute approximate surface area is 164 Å². The number of non-ortho nitro benzene ring substituents is 1. The Kier molecular flexibility index (Phi) is 3.64. The van der Waals surface area contributed by atoms with Gasteiger partial charge in [0.1, 0.15) is 17.1 Å². The van der Waals surface area contributed by atoms with E-state index in [2.05, 4.69) is 6.07 Å². The van der Waals surface area contributed by atoms with E-state index in [9.17, 15) is 15.4 Å². The van der Waals surface area contributed by atoms with Crippen LogP contribution in [-0.4, -0.2) is 16.3 Å². The van der Waals surface area contributed by atoms with Crippen molar-refractivity contribution in [3.8, 4) is 40.0 Å². The van der Waals surface area contributed by atoms with E-state index in [1.807, 2.05) is 22.8 Å². The number of ether oxygens (including phenoxy) is 2. The van der Waals surface area contributed by atoms with Gasteiger partial charge in [-0.15, -0.1) is 0 Å². The zero-order chi connectivity index (χ0) is 20.1. The van der Waals surface area contributed by atoms with E-state index in [4.69, 9.17) is 14.9 Å². The quantitative estimate of drug-likeness (QED) is 0.536. The number of nitrogens with one attached hydrogen (secondary N) is 1. The lowest BCUT2D eigenvalue weighted by atomic mass is 9.92. The second kappa shape index (κ2) is 6.21. The highest BCUT2D eigenvalue weighted by molar-refractivity contribution is 5.78. The molecule has 8 nitrogen and oxygen atoms in total. The predicted octanol–water partition coefficient (Wildman–Crippen LogP) is 3.37. The fourth-order valence-electron chi connectivity index (χ4n) is 3.89. The summed E-state index contributed by atoms with van der Waals surface area (Å²) >= 11 is 0. The van der Waals surface area contributed by atoms with Gasteiger partial charge < -0.3 is 14.0 Å². The summed E-state index contributed by atoms with van der Waals surface area (Å²) in [5, 5.41) is 29.2. The lowest BCUT2D eigenvalue weighted by Crippen LogP contribution is -2.28. The summed E-state index contributed by atoms with van der Waals surface area (Å²) in [7, 11) is 0. The number of aryl methyl sites for hydroxylation is 1. The third-order valence-corrected chi connectivity index (χ3v) is 5.33. The van der Waals surface area contributed by atoms with Gasteiger partial charge in [-0.2, -0.15) is 5.26 Å². The van der Waals surface area contributed by atoms with Crippen molar-refractivity contribution in [1.29, 1.82) is 10.7 Å². The Bertz CT molecular complexity index is 1290. The molecule has 1 aromatic heterocycles. The topological polar surface area (TPSA) is 114 Å². The molecule has 142 valence electrons. The van der Waals surface area contributed by atoms with Crippen LogP contribution in [0.4, 0.5) is 5.69 Å². The maximum absolute atomic E-state index is 10.9. The molecule has 29 heavy (non-hydrogen) atoms. The van der Waals surface area contributed by atoms with Crippen LogP contribution in [0, 0.1) is 26.9 Å². The van der Waals surface area contributed by atoms with Crippen LogP contribution in [-0.2, 0) is 13.0 Å². The van der Waals surface area contributed by atoms with Gasteiger partial charge in [-0.25, -0.2) is 0 Å². The van der Waals surface area contributed by atoms with E-state index >= 15 is 0 Å². The van der Waals surface area contributed by atoms with Gasteiger partial charge in [-0.3, -0.25) is 15.5 Å². The smallest absolute Gasteiger partial charge is 0.269 e. The fourth-order valence-corrected chi connectivity index (χ4v) is 3.89. The van der Waals surface area contributed by atoms with Gasteiger partial charge in [0, 0.05) is 29.8 Å². The van der Waals surface area contributed by atoms with Gasteiger partial charge >= 0.3 is 0 Å². The molecule has 5 rings (SSSR count). The minimum absolute atomic E-state index is 0.0243. The Morgan fingerprint density at radius 2 is 1.83 bits per heavy atom. The Hall–Kier alpha value is -4.12. The third kappa shape index (κ3) is 2.56. The Morgan fingerprint density at radius 3 is 2.52 bits per heavy atom. The number of rotatable bonds is 2. The van der Waals surface area contributed by atoms with Crippen LogP contribution >= 0.6 is 0 Å². The first kappa shape index (κ1) is 17.0. The molecule has 3 aromatic rings. The molecule has 1 N–H and O–H groups in total. The fraction of sp³-hybridized carbons (Fsp3) is 0.143. The average molecular weight is 386 g/mol. The van der Waals surface area contributed by atoms with Gasteiger partial charge in [-0.1, -0.05) is 0 Å². The third-order valence-electron chi connectivity index (χ3n) is 5.33. The molecule has 8 heteroatoms. The summed E-state index contributed by atoms with van der Waals surface area (Å²) in [6.07, 6.45) is 0.720. The summed E-state index contributed by atoms with van der Waals surface area (Å²) in [6, 6.07) is 13.9. The standard InChI is InChI=1S/C21H14N4O4/c22-10-17-15(12-1-3-14(4-2-12)25(26)27)8-18-16-9-20-19(28-11-29-20)7-13(16)5-6-24(18)21(17)23/h1-4,7-9,23H,5-6,11H2. The van der Waals surface area contributed by atoms with E-state index in [1.165, 1.54) is 12.1 Å². The molecule has 0 saturated heterocycles. The van der Waals surface area contributed by atoms with E-state index in [-0.39, 0.29) is 23.5 Å². The first-order valence-electron chi connectivity index (χ1n) is 8.97. The van der Waals surface area contributed by atoms with Crippen LogP contribution < -0.4 is 15.0 Å². The lowest BCUT2D eigenvalue weighted by molar-refractivity contribution is -0.384. The highest BCUT2D eigenvalue weighted by Crippen LogP contribution is 2.41. The van der Waals surface area contributed by atoms with Crippen LogP contribution in [0.15, 0.2) is 42.5 Å². The highest BCUT2D eigenvalue weighted by atomic mass is 16.7. The molecule has 0 saturated carbocycles. The minimum Gasteiger partial charge on any atom is -0.454 e. The second-order valence-electron chi connectivity index (χ2n) is 6.85. The SMILES string of the molecule is N#Cc1c(-c2ccc([N+](=O)[O-])cc2)cc2n(c1=N)CCc1cc3c(cc1-2)OCO3. The maximum atomic E-state index is 10.9. The number of nitriles is 1. The van der Waals surface area contributed by atoms with Gasteiger partial charge in [0.25, 0.3) is 5.69 Å². The van der Waals surface area contributed by atoms with Crippen molar-refractivity contribution < 1.29 is 14.4 Å². The molecule has 0 fully saturated rings. The summed E-state index contributed by atoms with van der Waals surface area (Å²) in [5.74, 6) is 1.37. The number of benzene rings is 2. The zero-order valence-corrected chi connectivity index (χ0v) is 15.1. The van der Waals surface area contributed by atoms with Crippen molar-refractivity contribution in [1.82, 2.24) is 4.57 Å². The van der Waals surface area contributed by atoms with Gasteiger partial charge in [-0.05, 0) is 47.9 Å². The number of nitro benzene ring substituents is 1. The normalized spacial score (nSPS) is 13.3. The molecular formula is C21H14N4O4. The number of pyridine rings is 1. The monoisotopic (exact) mass is 386 g/mol. The zero-order valence-electron chi connectivity index (χ0n) is 15.1. The van der Waals surface area contributed by atoms with Crippen molar-refractivity contribution in [2.45, 2.75) is 13.0 Å². The molecule has 2 aromatic carbocycles. The molecule has 2 aliphatic heterocycles. The summed E-state index contributed by atoms with van der Waals surface area (Å²) in [5.41, 5.74) is 4.40. The number of hydrogen-bond donors (Lipinski definition) is 1. The average Bonchev–Trinajstić information content (AvgIpc) is 3.19. The van der Waals surface area contributed by atoms with Crippen molar-refractivity contribution in [3.63, 3.8) is 0 Å². The van der Waals surface area contributed by atoms with Crippen LogP contribution in [0.5, 0.6) is 11.5 Å². The first-order valence-corrected chi connectivity index (χ1v) is 8.97. The number of fused-ring (bicyclic) bond motifs is 4. The number of aromatic nitrogens is 1. The maximum Gasteiger partial charge on any atom is 0.269 e.